The van der Waals surface area contributed by atoms with Gasteiger partial charge in [0.05, 0.1) is 28.4 Å². The molecule has 4 heteroatoms. The van der Waals surface area contributed by atoms with Gasteiger partial charge in [-0.25, -0.2) is 4.98 Å². The Balaban J connectivity index is 1.23. The molecule has 0 saturated heterocycles. The predicted octanol–water partition coefficient (Wildman–Crippen LogP) is 11.0. The second kappa shape index (κ2) is 10.9. The second-order valence-electron chi connectivity index (χ2n) is 12.8. The number of aromatic nitrogens is 2. The highest BCUT2D eigenvalue weighted by Gasteiger charge is 2.42. The summed E-state index contributed by atoms with van der Waals surface area (Å²) in [4.78, 5) is 9.90. The van der Waals surface area contributed by atoms with E-state index in [0.717, 1.165) is 79.7 Å². The second-order valence-corrected chi connectivity index (χ2v) is 12.8. The Labute approximate surface area is 274 Å². The minimum absolute atomic E-state index is 0.0417. The SMILES string of the molecule is N#Cc1ccc(-c2cc(-c3ccc4c(c3)C3(CCCCC3)c3ccccc3O4)cc(-c3ccc4ccc5cccnc5c4n3)c2)cc1. The summed E-state index contributed by atoms with van der Waals surface area (Å²) in [5.41, 5.74) is 11.3. The van der Waals surface area contributed by atoms with Gasteiger partial charge in [-0.3, -0.25) is 4.98 Å². The standard InChI is InChI=1S/C43H31N3O/c44-27-28-10-12-29(13-11-28)33-23-34(25-35(24-33)38-18-16-31-15-14-30-7-6-22-45-41(30)42(31)46-38)32-17-19-40-37(26-32)43(20-4-1-5-21-43)36-8-2-3-9-39(36)47-40/h2-3,6-19,22-26H,1,4-5,20-21H2. The number of pyridine rings is 2. The van der Waals surface area contributed by atoms with Crippen molar-refractivity contribution in [2.45, 2.75) is 37.5 Å². The number of para-hydroxylation sites is 1. The van der Waals surface area contributed by atoms with Gasteiger partial charge in [-0.15, -0.1) is 0 Å². The molecule has 0 unspecified atom stereocenters. The Morgan fingerprint density at radius 1 is 0.574 bits per heavy atom. The highest BCUT2D eigenvalue weighted by atomic mass is 16.5. The minimum atomic E-state index is -0.0417. The molecule has 3 heterocycles. The first-order valence-electron chi connectivity index (χ1n) is 16.4. The third-order valence-corrected chi connectivity index (χ3v) is 10.2. The van der Waals surface area contributed by atoms with Gasteiger partial charge in [-0.2, -0.15) is 5.26 Å². The van der Waals surface area contributed by atoms with E-state index in [2.05, 4.69) is 102 Å². The molecule has 1 spiro atoms. The number of nitriles is 1. The van der Waals surface area contributed by atoms with Crippen LogP contribution in [0, 0.1) is 11.3 Å². The van der Waals surface area contributed by atoms with Crippen LogP contribution >= 0.6 is 0 Å². The number of hydrogen-bond acceptors (Lipinski definition) is 4. The normalized spacial score (nSPS) is 14.7. The molecule has 0 bridgehead atoms. The van der Waals surface area contributed by atoms with Gasteiger partial charge in [0.25, 0.3) is 0 Å². The highest BCUT2D eigenvalue weighted by molar-refractivity contribution is 6.03. The van der Waals surface area contributed by atoms with E-state index >= 15 is 0 Å². The molecule has 7 aromatic rings. The zero-order valence-corrected chi connectivity index (χ0v) is 25.9. The van der Waals surface area contributed by atoms with E-state index in [-0.39, 0.29) is 5.41 Å². The lowest BCUT2D eigenvalue weighted by Crippen LogP contribution is -2.33. The van der Waals surface area contributed by atoms with Crippen molar-refractivity contribution in [2.24, 2.45) is 0 Å². The molecule has 4 nitrogen and oxygen atoms in total. The molecule has 5 aromatic carbocycles. The molecule has 224 valence electrons. The molecule has 2 aliphatic rings. The number of ether oxygens (including phenoxy) is 1. The smallest absolute Gasteiger partial charge is 0.131 e. The fourth-order valence-electron chi connectivity index (χ4n) is 7.81. The van der Waals surface area contributed by atoms with E-state index in [9.17, 15) is 5.26 Å². The number of rotatable bonds is 3. The summed E-state index contributed by atoms with van der Waals surface area (Å²) in [6.07, 6.45) is 7.80. The van der Waals surface area contributed by atoms with Crippen molar-refractivity contribution in [2.75, 3.05) is 0 Å². The average Bonchev–Trinajstić information content (AvgIpc) is 3.15. The lowest BCUT2D eigenvalue weighted by Gasteiger charge is -2.43. The molecule has 0 N–H and O–H groups in total. The van der Waals surface area contributed by atoms with Crippen LogP contribution in [0.5, 0.6) is 11.5 Å². The van der Waals surface area contributed by atoms with Gasteiger partial charge >= 0.3 is 0 Å². The largest absolute Gasteiger partial charge is 0.457 e. The summed E-state index contributed by atoms with van der Waals surface area (Å²) in [6, 6.07) is 44.6. The Morgan fingerprint density at radius 2 is 1.28 bits per heavy atom. The summed E-state index contributed by atoms with van der Waals surface area (Å²) in [5, 5.41) is 11.6. The van der Waals surface area contributed by atoms with Crippen LogP contribution in [0.15, 0.2) is 128 Å². The minimum Gasteiger partial charge on any atom is -0.457 e. The van der Waals surface area contributed by atoms with Crippen molar-refractivity contribution in [1.29, 1.82) is 5.26 Å². The number of hydrogen-bond donors (Lipinski definition) is 0. The number of benzene rings is 5. The summed E-state index contributed by atoms with van der Waals surface area (Å²) >= 11 is 0. The van der Waals surface area contributed by atoms with Crippen molar-refractivity contribution >= 4 is 21.8 Å². The fraction of sp³-hybridized carbons (Fsp3) is 0.140. The van der Waals surface area contributed by atoms with Crippen molar-refractivity contribution in [3.05, 3.63) is 144 Å². The molecule has 2 aromatic heterocycles. The third-order valence-electron chi connectivity index (χ3n) is 10.2. The van der Waals surface area contributed by atoms with Crippen molar-refractivity contribution < 1.29 is 4.74 Å². The Bertz CT molecular complexity index is 2380. The Hall–Kier alpha value is -5.79. The topological polar surface area (TPSA) is 58.8 Å². The van der Waals surface area contributed by atoms with Gasteiger partial charge in [0.2, 0.25) is 0 Å². The predicted molar refractivity (Wildman–Crippen MR) is 188 cm³/mol. The van der Waals surface area contributed by atoms with E-state index in [4.69, 9.17) is 9.72 Å². The third kappa shape index (κ3) is 4.58. The molecular formula is C43H31N3O. The molecule has 1 fully saturated rings. The van der Waals surface area contributed by atoms with E-state index < -0.39 is 0 Å². The summed E-state index contributed by atoms with van der Waals surface area (Å²) in [5.74, 6) is 1.96. The monoisotopic (exact) mass is 605 g/mol. The first-order chi connectivity index (χ1) is 23.2. The van der Waals surface area contributed by atoms with E-state index in [0.29, 0.717) is 5.56 Å². The van der Waals surface area contributed by atoms with Gasteiger partial charge < -0.3 is 4.74 Å². The van der Waals surface area contributed by atoms with E-state index in [1.807, 2.05) is 36.5 Å². The van der Waals surface area contributed by atoms with Crippen molar-refractivity contribution in [1.82, 2.24) is 9.97 Å². The van der Waals surface area contributed by atoms with Crippen LogP contribution in [0.2, 0.25) is 0 Å². The first kappa shape index (κ1) is 27.5. The van der Waals surface area contributed by atoms with Gasteiger partial charge in [0.1, 0.15) is 11.5 Å². The van der Waals surface area contributed by atoms with Gasteiger partial charge in [0.15, 0.2) is 0 Å². The van der Waals surface area contributed by atoms with Crippen LogP contribution in [0.4, 0.5) is 0 Å². The molecule has 1 aliphatic carbocycles. The maximum Gasteiger partial charge on any atom is 0.131 e. The summed E-state index contributed by atoms with van der Waals surface area (Å²) < 4.78 is 6.54. The lowest BCUT2D eigenvalue weighted by molar-refractivity contribution is 0.306. The maximum atomic E-state index is 9.44. The lowest BCUT2D eigenvalue weighted by atomic mass is 9.63. The van der Waals surface area contributed by atoms with Crippen LogP contribution in [0.3, 0.4) is 0 Å². The van der Waals surface area contributed by atoms with Gasteiger partial charge in [-0.1, -0.05) is 79.9 Å². The molecular weight excluding hydrogens is 574 g/mol. The van der Waals surface area contributed by atoms with E-state index in [1.54, 1.807) is 0 Å². The first-order valence-corrected chi connectivity index (χ1v) is 16.4. The molecule has 9 rings (SSSR count). The van der Waals surface area contributed by atoms with Crippen LogP contribution in [-0.4, -0.2) is 9.97 Å². The Kier molecular flexibility index (Phi) is 6.40. The highest BCUT2D eigenvalue weighted by Crippen LogP contribution is 2.55. The van der Waals surface area contributed by atoms with E-state index in [1.165, 1.54) is 30.4 Å². The van der Waals surface area contributed by atoms with Crippen LogP contribution < -0.4 is 4.74 Å². The molecule has 1 aliphatic heterocycles. The van der Waals surface area contributed by atoms with Gasteiger partial charge in [-0.05, 0) is 95.8 Å². The maximum absolute atomic E-state index is 9.44. The zero-order chi connectivity index (χ0) is 31.4. The quantitative estimate of drug-likeness (QED) is 0.188. The molecule has 0 atom stereocenters. The van der Waals surface area contributed by atoms with Crippen LogP contribution in [0.25, 0.3) is 55.3 Å². The number of fused-ring (bicyclic) bond motifs is 7. The average molecular weight is 606 g/mol. The van der Waals surface area contributed by atoms with Gasteiger partial charge in [0, 0.05) is 39.1 Å². The molecule has 1 saturated carbocycles. The molecule has 0 radical (unpaired) electrons. The summed E-state index contributed by atoms with van der Waals surface area (Å²) in [7, 11) is 0. The fourth-order valence-corrected chi connectivity index (χ4v) is 7.81. The van der Waals surface area contributed by atoms with Crippen molar-refractivity contribution in [3.8, 4) is 51.1 Å². The number of nitrogens with zero attached hydrogens (tertiary/aromatic N) is 3. The summed E-state index contributed by atoms with van der Waals surface area (Å²) in [6.45, 7) is 0. The molecule has 0 amide bonds. The van der Waals surface area contributed by atoms with Crippen molar-refractivity contribution in [3.63, 3.8) is 0 Å². The Morgan fingerprint density at radius 3 is 2.11 bits per heavy atom. The zero-order valence-electron chi connectivity index (χ0n) is 25.9. The van der Waals surface area contributed by atoms with Crippen LogP contribution in [-0.2, 0) is 5.41 Å². The van der Waals surface area contributed by atoms with Crippen LogP contribution in [0.1, 0.15) is 48.8 Å². The molecule has 47 heavy (non-hydrogen) atoms.